The molecule has 0 aliphatic rings. The number of ether oxygens (including phenoxy) is 1. The second-order valence-corrected chi connectivity index (χ2v) is 5.02. The summed E-state index contributed by atoms with van der Waals surface area (Å²) in [5.74, 6) is -1.52. The van der Waals surface area contributed by atoms with E-state index in [0.717, 1.165) is 23.2 Å². The van der Waals surface area contributed by atoms with Crippen molar-refractivity contribution in [1.82, 2.24) is 4.57 Å². The molecule has 0 aliphatic carbocycles. The molecule has 0 saturated carbocycles. The Morgan fingerprint density at radius 2 is 1.83 bits per heavy atom. The molecule has 5 heteroatoms. The molecule has 2 rings (SSSR count). The van der Waals surface area contributed by atoms with Gasteiger partial charge in [0.15, 0.2) is 0 Å². The molecule has 0 amide bonds. The Morgan fingerprint density at radius 3 is 2.39 bits per heavy atom. The van der Waals surface area contributed by atoms with Crippen LogP contribution in [0.3, 0.4) is 0 Å². The van der Waals surface area contributed by atoms with Crippen LogP contribution in [-0.4, -0.2) is 28.2 Å². The van der Waals surface area contributed by atoms with E-state index >= 15 is 0 Å². The van der Waals surface area contributed by atoms with Crippen molar-refractivity contribution in [1.29, 1.82) is 0 Å². The Bertz CT molecular complexity index is 757. The number of carboxylic acids is 1. The van der Waals surface area contributed by atoms with E-state index in [-0.39, 0.29) is 6.61 Å². The first-order valence-corrected chi connectivity index (χ1v) is 7.32. The fraction of sp³-hybridized carbons (Fsp3) is 0.222. The maximum Gasteiger partial charge on any atom is 0.340 e. The Kier molecular flexibility index (Phi) is 5.01. The fourth-order valence-electron chi connectivity index (χ4n) is 2.64. The molecule has 0 aliphatic heterocycles. The Labute approximate surface area is 134 Å². The number of aliphatic carboxylic acids is 1. The van der Waals surface area contributed by atoms with E-state index in [4.69, 9.17) is 9.84 Å². The average Bonchev–Trinajstić information content (AvgIpc) is 2.76. The van der Waals surface area contributed by atoms with Crippen LogP contribution in [0.15, 0.2) is 36.4 Å². The lowest BCUT2D eigenvalue weighted by Crippen LogP contribution is -2.08. The number of para-hydroxylation sites is 1. The van der Waals surface area contributed by atoms with Gasteiger partial charge in [-0.3, -0.25) is 0 Å². The molecule has 0 radical (unpaired) electrons. The molecular weight excluding hydrogens is 294 g/mol. The van der Waals surface area contributed by atoms with Crippen molar-refractivity contribution >= 4 is 18.0 Å². The molecule has 1 aromatic carbocycles. The van der Waals surface area contributed by atoms with Gasteiger partial charge in [-0.25, -0.2) is 9.59 Å². The molecule has 1 heterocycles. The molecule has 1 aromatic heterocycles. The van der Waals surface area contributed by atoms with Gasteiger partial charge in [0.1, 0.15) is 0 Å². The first kappa shape index (κ1) is 16.5. The summed E-state index contributed by atoms with van der Waals surface area (Å²) in [5.41, 5.74) is 3.37. The second kappa shape index (κ2) is 6.96. The smallest absolute Gasteiger partial charge is 0.340 e. The van der Waals surface area contributed by atoms with Gasteiger partial charge in [0, 0.05) is 28.7 Å². The number of esters is 1. The number of benzene rings is 1. The van der Waals surface area contributed by atoms with Crippen molar-refractivity contribution in [2.24, 2.45) is 0 Å². The van der Waals surface area contributed by atoms with Crippen molar-refractivity contribution in [2.45, 2.75) is 20.8 Å². The lowest BCUT2D eigenvalue weighted by molar-refractivity contribution is -0.131. The van der Waals surface area contributed by atoms with Crippen LogP contribution < -0.4 is 0 Å². The number of carbonyl (C=O) groups excluding carboxylic acids is 1. The van der Waals surface area contributed by atoms with Gasteiger partial charge in [-0.05, 0) is 39.0 Å². The lowest BCUT2D eigenvalue weighted by atomic mass is 10.1. The molecule has 0 unspecified atom stereocenters. The summed E-state index contributed by atoms with van der Waals surface area (Å²) >= 11 is 0. The van der Waals surface area contributed by atoms with Crippen molar-refractivity contribution in [3.63, 3.8) is 0 Å². The highest BCUT2D eigenvalue weighted by molar-refractivity contribution is 5.97. The van der Waals surface area contributed by atoms with Crippen LogP contribution in [0.5, 0.6) is 0 Å². The molecular formula is C18H19NO4. The van der Waals surface area contributed by atoms with Gasteiger partial charge in [0.05, 0.1) is 12.2 Å². The summed E-state index contributed by atoms with van der Waals surface area (Å²) in [6, 6.07) is 9.59. The van der Waals surface area contributed by atoms with E-state index in [9.17, 15) is 9.59 Å². The van der Waals surface area contributed by atoms with Gasteiger partial charge in [0.25, 0.3) is 0 Å². The molecule has 23 heavy (non-hydrogen) atoms. The number of hydrogen-bond donors (Lipinski definition) is 1. The predicted molar refractivity (Wildman–Crippen MR) is 87.9 cm³/mol. The zero-order valence-corrected chi connectivity index (χ0v) is 13.4. The minimum absolute atomic E-state index is 0.260. The van der Waals surface area contributed by atoms with Crippen LogP contribution in [0.2, 0.25) is 0 Å². The van der Waals surface area contributed by atoms with Gasteiger partial charge in [0.2, 0.25) is 0 Å². The van der Waals surface area contributed by atoms with E-state index < -0.39 is 11.9 Å². The summed E-state index contributed by atoms with van der Waals surface area (Å²) in [6.07, 6.45) is 2.47. The van der Waals surface area contributed by atoms with Crippen LogP contribution in [0.1, 0.15) is 34.2 Å². The quantitative estimate of drug-likeness (QED) is 0.679. The summed E-state index contributed by atoms with van der Waals surface area (Å²) in [6.45, 7) is 5.67. The van der Waals surface area contributed by atoms with Gasteiger partial charge >= 0.3 is 11.9 Å². The maximum atomic E-state index is 12.3. The molecule has 0 spiro atoms. The fourth-order valence-corrected chi connectivity index (χ4v) is 2.64. The van der Waals surface area contributed by atoms with Gasteiger partial charge < -0.3 is 14.4 Å². The summed E-state index contributed by atoms with van der Waals surface area (Å²) in [7, 11) is 0. The van der Waals surface area contributed by atoms with Crippen LogP contribution in [0.4, 0.5) is 0 Å². The minimum Gasteiger partial charge on any atom is -0.478 e. The topological polar surface area (TPSA) is 68.5 Å². The highest BCUT2D eigenvalue weighted by atomic mass is 16.5. The number of hydrogen-bond acceptors (Lipinski definition) is 3. The van der Waals surface area contributed by atoms with Crippen molar-refractivity contribution in [2.75, 3.05) is 6.61 Å². The number of rotatable bonds is 5. The normalized spacial score (nSPS) is 10.9. The second-order valence-electron chi connectivity index (χ2n) is 5.02. The summed E-state index contributed by atoms with van der Waals surface area (Å²) < 4.78 is 7.05. The molecule has 120 valence electrons. The van der Waals surface area contributed by atoms with Gasteiger partial charge in [-0.1, -0.05) is 18.2 Å². The zero-order chi connectivity index (χ0) is 17.0. The van der Waals surface area contributed by atoms with E-state index in [1.165, 1.54) is 6.08 Å². The third-order valence-corrected chi connectivity index (χ3v) is 3.58. The average molecular weight is 313 g/mol. The summed E-state index contributed by atoms with van der Waals surface area (Å²) in [5, 5.41) is 8.88. The van der Waals surface area contributed by atoms with E-state index in [0.29, 0.717) is 11.1 Å². The lowest BCUT2D eigenvalue weighted by Gasteiger charge is -2.09. The largest absolute Gasteiger partial charge is 0.478 e. The highest BCUT2D eigenvalue weighted by Crippen LogP contribution is 2.28. The van der Waals surface area contributed by atoms with Crippen molar-refractivity contribution in [3.05, 3.63) is 58.9 Å². The number of aromatic nitrogens is 1. The molecule has 0 fully saturated rings. The highest BCUT2D eigenvalue weighted by Gasteiger charge is 2.23. The molecule has 5 nitrogen and oxygen atoms in total. The summed E-state index contributed by atoms with van der Waals surface area (Å²) in [4.78, 5) is 23.2. The monoisotopic (exact) mass is 313 g/mol. The van der Waals surface area contributed by atoms with E-state index in [1.54, 1.807) is 6.92 Å². The first-order chi connectivity index (χ1) is 11.0. The van der Waals surface area contributed by atoms with Gasteiger partial charge in [-0.15, -0.1) is 0 Å². The standard InChI is InChI=1S/C18H19NO4/c1-4-23-18(22)17-13(3)19(14-8-6-5-7-9-14)12(2)15(17)10-11-16(20)21/h5-11H,4H2,1-3H3,(H,20,21)/b11-10+. The predicted octanol–water partition coefficient (Wildman–Crippen LogP) is 3.37. The van der Waals surface area contributed by atoms with E-state index in [2.05, 4.69) is 0 Å². The zero-order valence-electron chi connectivity index (χ0n) is 13.4. The number of nitrogens with zero attached hydrogens (tertiary/aromatic N) is 1. The van der Waals surface area contributed by atoms with Crippen LogP contribution in [0, 0.1) is 13.8 Å². The molecule has 0 bridgehead atoms. The Morgan fingerprint density at radius 1 is 1.17 bits per heavy atom. The first-order valence-electron chi connectivity index (χ1n) is 7.32. The molecule has 2 aromatic rings. The molecule has 0 saturated heterocycles. The Hall–Kier alpha value is -2.82. The Balaban J connectivity index is 2.69. The molecule has 0 atom stereocenters. The third kappa shape index (κ3) is 3.34. The van der Waals surface area contributed by atoms with Crippen LogP contribution in [-0.2, 0) is 9.53 Å². The SMILES string of the molecule is CCOC(=O)c1c(/C=C/C(=O)O)c(C)n(-c2ccccc2)c1C. The van der Waals surface area contributed by atoms with Crippen molar-refractivity contribution in [3.8, 4) is 5.69 Å². The number of carboxylic acid groups (broad SMARTS) is 1. The maximum absolute atomic E-state index is 12.3. The van der Waals surface area contributed by atoms with Crippen LogP contribution in [0.25, 0.3) is 11.8 Å². The number of carbonyl (C=O) groups is 2. The van der Waals surface area contributed by atoms with Gasteiger partial charge in [-0.2, -0.15) is 0 Å². The third-order valence-electron chi connectivity index (χ3n) is 3.58. The van der Waals surface area contributed by atoms with E-state index in [1.807, 2.05) is 48.7 Å². The molecule has 1 N–H and O–H groups in total. The minimum atomic E-state index is -1.07. The van der Waals surface area contributed by atoms with Crippen molar-refractivity contribution < 1.29 is 19.4 Å². The van der Waals surface area contributed by atoms with Crippen LogP contribution >= 0.6 is 0 Å².